The van der Waals surface area contributed by atoms with E-state index < -0.39 is 23.4 Å². The second-order valence-corrected chi connectivity index (χ2v) is 5.90. The molecule has 0 spiro atoms. The van der Waals surface area contributed by atoms with Gasteiger partial charge in [0.05, 0.1) is 11.6 Å². The minimum atomic E-state index is -0.983. The van der Waals surface area contributed by atoms with E-state index >= 15 is 0 Å². The highest BCUT2D eigenvalue weighted by Gasteiger charge is 2.21. The van der Waals surface area contributed by atoms with E-state index in [4.69, 9.17) is 14.7 Å². The number of rotatable bonds is 5. The van der Waals surface area contributed by atoms with Crippen LogP contribution in [0.1, 0.15) is 28.4 Å². The van der Waals surface area contributed by atoms with E-state index in [0.717, 1.165) is 0 Å². The predicted molar refractivity (Wildman–Crippen MR) is 96.6 cm³/mol. The van der Waals surface area contributed by atoms with Crippen LogP contribution in [0.3, 0.4) is 0 Å². The van der Waals surface area contributed by atoms with Gasteiger partial charge in [-0.2, -0.15) is 10.2 Å². The van der Waals surface area contributed by atoms with Gasteiger partial charge in [0.1, 0.15) is 11.5 Å². The zero-order valence-corrected chi connectivity index (χ0v) is 15.0. The van der Waals surface area contributed by atoms with Crippen molar-refractivity contribution in [3.63, 3.8) is 0 Å². The number of nitriles is 1. The maximum atomic E-state index is 14.5. The fourth-order valence-corrected chi connectivity index (χ4v) is 2.37. The van der Waals surface area contributed by atoms with Crippen LogP contribution in [0.4, 0.5) is 8.78 Å². The highest BCUT2D eigenvalue weighted by Crippen LogP contribution is 2.33. The number of halogens is 2. The van der Waals surface area contributed by atoms with Gasteiger partial charge < -0.3 is 9.47 Å². The van der Waals surface area contributed by atoms with Crippen LogP contribution in [0.15, 0.2) is 48.5 Å². The maximum Gasteiger partial charge on any atom is 0.259 e. The summed E-state index contributed by atoms with van der Waals surface area (Å²) >= 11 is 0. The Morgan fingerprint density at radius 1 is 1.00 bits per heavy atom. The normalized spacial score (nSPS) is 10.2. The van der Waals surface area contributed by atoms with E-state index in [-0.39, 0.29) is 22.8 Å². The van der Waals surface area contributed by atoms with Crippen molar-refractivity contribution in [3.05, 3.63) is 76.9 Å². The smallest absolute Gasteiger partial charge is 0.259 e. The van der Waals surface area contributed by atoms with Crippen LogP contribution < -0.4 is 9.47 Å². The molecule has 0 atom stereocenters. The largest absolute Gasteiger partial charge is 0.436 e. The monoisotopic (exact) mass is 380 g/mol. The van der Waals surface area contributed by atoms with Gasteiger partial charge in [-0.15, -0.1) is 0 Å². The number of ketones is 1. The molecule has 0 fully saturated rings. The van der Waals surface area contributed by atoms with Crippen LogP contribution in [0.5, 0.6) is 23.3 Å². The van der Waals surface area contributed by atoms with E-state index in [9.17, 15) is 13.6 Å². The average Bonchev–Trinajstić information content (AvgIpc) is 2.70. The Labute approximate surface area is 159 Å². The van der Waals surface area contributed by atoms with Gasteiger partial charge in [0, 0.05) is 11.1 Å². The van der Waals surface area contributed by atoms with E-state index in [1.807, 2.05) is 6.07 Å². The Morgan fingerprint density at radius 3 is 2.14 bits per heavy atom. The standard InChI is InChI=1S/C21H14F2N2O3/c1-12-18(22)20(27-16-7-3-5-14(9-16)11-24)25-21(19(12)23)28-17-8-4-6-15(10-17)13(2)26/h3-10H,1-2H3. The highest BCUT2D eigenvalue weighted by atomic mass is 19.1. The van der Waals surface area contributed by atoms with Crippen molar-refractivity contribution >= 4 is 5.78 Å². The van der Waals surface area contributed by atoms with Crippen LogP contribution in [-0.2, 0) is 0 Å². The zero-order chi connectivity index (χ0) is 20.3. The van der Waals surface area contributed by atoms with Gasteiger partial charge in [0.15, 0.2) is 17.4 Å². The molecule has 0 N–H and O–H groups in total. The molecule has 5 nitrogen and oxygen atoms in total. The molecule has 2 aromatic carbocycles. The molecule has 1 heterocycles. The summed E-state index contributed by atoms with van der Waals surface area (Å²) in [7, 11) is 0. The first kappa shape index (κ1) is 19.0. The predicted octanol–water partition coefficient (Wildman–Crippen LogP) is 5.33. The van der Waals surface area contributed by atoms with E-state index in [1.165, 1.54) is 38.1 Å². The lowest BCUT2D eigenvalue weighted by Gasteiger charge is -2.12. The Balaban J connectivity index is 1.97. The third kappa shape index (κ3) is 3.96. The summed E-state index contributed by atoms with van der Waals surface area (Å²) in [5.41, 5.74) is 0.356. The average molecular weight is 380 g/mol. The van der Waals surface area contributed by atoms with Gasteiger partial charge in [-0.05, 0) is 44.2 Å². The van der Waals surface area contributed by atoms with Gasteiger partial charge in [0.2, 0.25) is 0 Å². The number of ether oxygens (including phenoxy) is 2. The molecule has 0 saturated heterocycles. The molecule has 3 aromatic rings. The van der Waals surface area contributed by atoms with E-state index in [2.05, 4.69) is 4.98 Å². The number of pyridine rings is 1. The number of carbonyl (C=O) groups excluding carboxylic acids is 1. The lowest BCUT2D eigenvalue weighted by Crippen LogP contribution is -2.02. The van der Waals surface area contributed by atoms with Crippen LogP contribution >= 0.6 is 0 Å². The summed E-state index contributed by atoms with van der Waals surface area (Å²) in [4.78, 5) is 15.3. The SMILES string of the molecule is CC(=O)c1cccc(Oc2nc(Oc3cccc(C#N)c3)c(F)c(C)c2F)c1. The van der Waals surface area contributed by atoms with Crippen LogP contribution in [0, 0.1) is 29.9 Å². The van der Waals surface area contributed by atoms with Gasteiger partial charge >= 0.3 is 0 Å². The Hall–Kier alpha value is -3.79. The Morgan fingerprint density at radius 2 is 1.57 bits per heavy atom. The molecule has 0 unspecified atom stereocenters. The molecule has 140 valence electrons. The summed E-state index contributed by atoms with van der Waals surface area (Å²) in [6.45, 7) is 2.62. The first-order valence-electron chi connectivity index (χ1n) is 8.21. The van der Waals surface area contributed by atoms with Crippen molar-refractivity contribution in [1.29, 1.82) is 5.26 Å². The number of nitrogens with zero attached hydrogens (tertiary/aromatic N) is 2. The molecular weight excluding hydrogens is 366 g/mol. The Kier molecular flexibility index (Phi) is 5.32. The van der Waals surface area contributed by atoms with E-state index in [1.54, 1.807) is 24.3 Å². The molecule has 0 bridgehead atoms. The summed E-state index contributed by atoms with van der Waals surface area (Å²) in [5, 5.41) is 8.94. The quantitative estimate of drug-likeness (QED) is 0.560. The third-order valence-corrected chi connectivity index (χ3v) is 3.87. The summed E-state index contributed by atoms with van der Waals surface area (Å²) < 4.78 is 39.7. The van der Waals surface area contributed by atoms with Gasteiger partial charge in [-0.1, -0.05) is 18.2 Å². The molecular formula is C21H14F2N2O3. The second kappa shape index (κ2) is 7.84. The second-order valence-electron chi connectivity index (χ2n) is 5.90. The molecule has 0 saturated carbocycles. The Bertz CT molecular complexity index is 1110. The van der Waals surface area contributed by atoms with Gasteiger partial charge in [-0.25, -0.2) is 8.78 Å². The molecule has 3 rings (SSSR count). The minimum Gasteiger partial charge on any atom is -0.436 e. The van der Waals surface area contributed by atoms with Crippen molar-refractivity contribution < 1.29 is 23.0 Å². The first-order valence-corrected chi connectivity index (χ1v) is 8.21. The minimum absolute atomic E-state index is 0.168. The highest BCUT2D eigenvalue weighted by molar-refractivity contribution is 5.94. The molecule has 28 heavy (non-hydrogen) atoms. The molecule has 0 aliphatic heterocycles. The van der Waals surface area contributed by atoms with Crippen LogP contribution in [0.25, 0.3) is 0 Å². The topological polar surface area (TPSA) is 72.2 Å². The lowest BCUT2D eigenvalue weighted by molar-refractivity contribution is 0.101. The fraction of sp³-hybridized carbons (Fsp3) is 0.0952. The number of hydrogen-bond acceptors (Lipinski definition) is 5. The van der Waals surface area contributed by atoms with Crippen LogP contribution in [0.2, 0.25) is 0 Å². The molecule has 0 radical (unpaired) electrons. The maximum absolute atomic E-state index is 14.5. The number of Topliss-reactive ketones (excluding diaryl/α,β-unsaturated/α-hetero) is 1. The van der Waals surface area contributed by atoms with Crippen molar-refractivity contribution in [2.75, 3.05) is 0 Å². The summed E-state index contributed by atoms with van der Waals surface area (Å²) in [5.74, 6) is -2.80. The molecule has 7 heteroatoms. The number of benzene rings is 2. The van der Waals surface area contributed by atoms with Crippen molar-refractivity contribution in [2.24, 2.45) is 0 Å². The lowest BCUT2D eigenvalue weighted by atomic mass is 10.1. The van der Waals surface area contributed by atoms with Gasteiger partial charge in [-0.3, -0.25) is 4.79 Å². The number of aromatic nitrogens is 1. The molecule has 0 aliphatic rings. The fourth-order valence-electron chi connectivity index (χ4n) is 2.37. The van der Waals surface area contributed by atoms with E-state index in [0.29, 0.717) is 11.1 Å². The van der Waals surface area contributed by atoms with Crippen molar-refractivity contribution in [2.45, 2.75) is 13.8 Å². The summed E-state index contributed by atoms with van der Waals surface area (Å²) in [6.07, 6.45) is 0. The number of hydrogen-bond donors (Lipinski definition) is 0. The zero-order valence-electron chi connectivity index (χ0n) is 15.0. The van der Waals surface area contributed by atoms with Crippen molar-refractivity contribution in [1.82, 2.24) is 4.98 Å². The molecule has 0 aliphatic carbocycles. The van der Waals surface area contributed by atoms with Gasteiger partial charge in [0.25, 0.3) is 11.8 Å². The van der Waals surface area contributed by atoms with Crippen LogP contribution in [-0.4, -0.2) is 10.8 Å². The third-order valence-electron chi connectivity index (χ3n) is 3.87. The summed E-state index contributed by atoms with van der Waals surface area (Å²) in [6, 6.07) is 14.1. The number of carbonyl (C=O) groups is 1. The molecule has 1 aromatic heterocycles. The first-order chi connectivity index (χ1) is 13.4. The van der Waals surface area contributed by atoms with Crippen molar-refractivity contribution in [3.8, 4) is 29.3 Å². The molecule has 0 amide bonds.